The molecule has 0 spiro atoms. The predicted octanol–water partition coefficient (Wildman–Crippen LogP) is 2.98. The van der Waals surface area contributed by atoms with Crippen LogP contribution in [0.1, 0.15) is 17.2 Å². The van der Waals surface area contributed by atoms with Crippen molar-refractivity contribution in [3.8, 4) is 17.2 Å². The average molecular weight is 290 g/mol. The monoisotopic (exact) mass is 290 g/mol. The molecule has 4 nitrogen and oxygen atoms in total. The first-order valence-electron chi connectivity index (χ1n) is 6.60. The molecule has 0 amide bonds. The van der Waals surface area contributed by atoms with Crippen LogP contribution in [-0.2, 0) is 0 Å². The molecule has 21 heavy (non-hydrogen) atoms. The zero-order valence-electron chi connectivity index (χ0n) is 11.5. The lowest BCUT2D eigenvalue weighted by Gasteiger charge is -2.14. The first-order valence-corrected chi connectivity index (χ1v) is 6.60. The Morgan fingerprint density at radius 1 is 1.19 bits per heavy atom. The summed E-state index contributed by atoms with van der Waals surface area (Å²) in [5.41, 5.74) is 1.52. The van der Waals surface area contributed by atoms with Crippen LogP contribution >= 0.6 is 0 Å². The van der Waals surface area contributed by atoms with Gasteiger partial charge in [0.1, 0.15) is 12.7 Å². The van der Waals surface area contributed by atoms with Gasteiger partial charge in [0.05, 0.1) is 0 Å². The second-order valence-electron chi connectivity index (χ2n) is 4.87. The summed E-state index contributed by atoms with van der Waals surface area (Å²) in [5, 5.41) is 10.1. The summed E-state index contributed by atoms with van der Waals surface area (Å²) in [7, 11) is 0. The van der Waals surface area contributed by atoms with E-state index in [4.69, 9.17) is 14.2 Å². The minimum absolute atomic E-state index is 0.0416. The summed E-state index contributed by atoms with van der Waals surface area (Å²) in [6.07, 6.45) is -0.876. The van der Waals surface area contributed by atoms with E-state index in [1.807, 2.05) is 6.92 Å². The minimum Gasteiger partial charge on any atom is -0.487 e. The molecule has 1 aliphatic heterocycles. The fraction of sp³-hybridized carbons (Fsp3) is 0.250. The SMILES string of the molecule is Cc1ccc(F)c(OCC(O)c2ccc3c(c2)OCO3)c1. The van der Waals surface area contributed by atoms with Gasteiger partial charge in [-0.2, -0.15) is 0 Å². The second-order valence-corrected chi connectivity index (χ2v) is 4.87. The third-order valence-corrected chi connectivity index (χ3v) is 3.26. The Balaban J connectivity index is 1.69. The maximum Gasteiger partial charge on any atom is 0.231 e. The predicted molar refractivity (Wildman–Crippen MR) is 74.2 cm³/mol. The Morgan fingerprint density at radius 2 is 2.00 bits per heavy atom. The van der Waals surface area contributed by atoms with Gasteiger partial charge in [-0.3, -0.25) is 0 Å². The lowest BCUT2D eigenvalue weighted by Crippen LogP contribution is -2.10. The van der Waals surface area contributed by atoms with Gasteiger partial charge in [-0.05, 0) is 42.3 Å². The van der Waals surface area contributed by atoms with Gasteiger partial charge in [0.25, 0.3) is 0 Å². The van der Waals surface area contributed by atoms with E-state index in [-0.39, 0.29) is 19.1 Å². The van der Waals surface area contributed by atoms with E-state index in [0.717, 1.165) is 5.56 Å². The second kappa shape index (κ2) is 5.61. The Hall–Kier alpha value is -2.27. The van der Waals surface area contributed by atoms with Crippen molar-refractivity contribution in [1.82, 2.24) is 0 Å². The van der Waals surface area contributed by atoms with Crippen LogP contribution in [0.4, 0.5) is 4.39 Å². The van der Waals surface area contributed by atoms with Crippen molar-refractivity contribution in [2.45, 2.75) is 13.0 Å². The molecule has 0 saturated heterocycles. The molecule has 5 heteroatoms. The molecule has 1 N–H and O–H groups in total. The van der Waals surface area contributed by atoms with Gasteiger partial charge in [-0.15, -0.1) is 0 Å². The Bertz CT molecular complexity index is 657. The van der Waals surface area contributed by atoms with Crippen LogP contribution in [0.5, 0.6) is 17.2 Å². The van der Waals surface area contributed by atoms with Crippen molar-refractivity contribution in [2.75, 3.05) is 13.4 Å². The van der Waals surface area contributed by atoms with Gasteiger partial charge >= 0.3 is 0 Å². The molecule has 1 heterocycles. The highest BCUT2D eigenvalue weighted by Gasteiger charge is 2.17. The first-order chi connectivity index (χ1) is 10.1. The van der Waals surface area contributed by atoms with E-state index in [9.17, 15) is 9.50 Å². The molecule has 1 aliphatic rings. The molecular formula is C16H15FO4. The molecule has 0 radical (unpaired) electrons. The zero-order chi connectivity index (χ0) is 14.8. The van der Waals surface area contributed by atoms with E-state index in [1.165, 1.54) is 6.07 Å². The van der Waals surface area contributed by atoms with Crippen molar-refractivity contribution in [2.24, 2.45) is 0 Å². The van der Waals surface area contributed by atoms with Crippen molar-refractivity contribution in [3.05, 3.63) is 53.3 Å². The van der Waals surface area contributed by atoms with Gasteiger partial charge in [0.15, 0.2) is 23.1 Å². The normalized spacial score (nSPS) is 14.0. The van der Waals surface area contributed by atoms with E-state index in [1.54, 1.807) is 30.3 Å². The van der Waals surface area contributed by atoms with Gasteiger partial charge in [-0.1, -0.05) is 12.1 Å². The van der Waals surface area contributed by atoms with Gasteiger partial charge in [0.2, 0.25) is 6.79 Å². The number of rotatable bonds is 4. The molecule has 2 aromatic rings. The van der Waals surface area contributed by atoms with E-state index in [2.05, 4.69) is 0 Å². The van der Waals surface area contributed by atoms with Crippen LogP contribution in [0.25, 0.3) is 0 Å². The molecule has 1 unspecified atom stereocenters. The van der Waals surface area contributed by atoms with Crippen LogP contribution in [0.15, 0.2) is 36.4 Å². The Labute approximate surface area is 121 Å². The Kier molecular flexibility index (Phi) is 3.66. The lowest BCUT2D eigenvalue weighted by atomic mass is 10.1. The number of halogens is 1. The summed E-state index contributed by atoms with van der Waals surface area (Å²) in [5.74, 6) is 0.929. The Morgan fingerprint density at radius 3 is 2.86 bits per heavy atom. The molecule has 110 valence electrons. The molecule has 3 rings (SSSR count). The van der Waals surface area contributed by atoms with Crippen molar-refractivity contribution >= 4 is 0 Å². The van der Waals surface area contributed by atoms with Crippen LogP contribution in [0.3, 0.4) is 0 Å². The minimum atomic E-state index is -0.876. The number of aliphatic hydroxyl groups excluding tert-OH is 1. The number of hydrogen-bond donors (Lipinski definition) is 1. The van der Waals surface area contributed by atoms with Crippen molar-refractivity contribution < 1.29 is 23.7 Å². The van der Waals surface area contributed by atoms with E-state index >= 15 is 0 Å². The van der Waals surface area contributed by atoms with Crippen molar-refractivity contribution in [1.29, 1.82) is 0 Å². The quantitative estimate of drug-likeness (QED) is 0.940. The molecule has 0 saturated carbocycles. The fourth-order valence-corrected chi connectivity index (χ4v) is 2.11. The maximum atomic E-state index is 13.6. The summed E-state index contributed by atoms with van der Waals surface area (Å²) < 4.78 is 29.4. The molecule has 0 fully saturated rings. The number of hydrogen-bond acceptors (Lipinski definition) is 4. The highest BCUT2D eigenvalue weighted by molar-refractivity contribution is 5.45. The standard InChI is InChI=1S/C16H15FO4/c1-10-2-4-12(17)15(6-10)19-8-13(18)11-3-5-14-16(7-11)21-9-20-14/h2-7,13,18H,8-9H2,1H3. The summed E-state index contributed by atoms with van der Waals surface area (Å²) in [6, 6.07) is 9.76. The maximum absolute atomic E-state index is 13.6. The molecular weight excluding hydrogens is 275 g/mol. The molecule has 1 atom stereocenters. The van der Waals surface area contributed by atoms with E-state index in [0.29, 0.717) is 17.1 Å². The fourth-order valence-electron chi connectivity index (χ4n) is 2.11. The molecule has 0 aromatic heterocycles. The number of ether oxygens (including phenoxy) is 3. The number of fused-ring (bicyclic) bond motifs is 1. The van der Waals surface area contributed by atoms with Gasteiger partial charge in [0, 0.05) is 0 Å². The number of aliphatic hydroxyl groups is 1. The first kappa shape index (κ1) is 13.7. The summed E-state index contributed by atoms with van der Waals surface area (Å²) in [4.78, 5) is 0. The lowest BCUT2D eigenvalue weighted by molar-refractivity contribution is 0.105. The number of benzene rings is 2. The highest BCUT2D eigenvalue weighted by Crippen LogP contribution is 2.34. The van der Waals surface area contributed by atoms with E-state index < -0.39 is 11.9 Å². The smallest absolute Gasteiger partial charge is 0.231 e. The van der Waals surface area contributed by atoms with Crippen LogP contribution in [0.2, 0.25) is 0 Å². The average Bonchev–Trinajstić information content (AvgIpc) is 2.95. The van der Waals surface area contributed by atoms with Crippen LogP contribution in [-0.4, -0.2) is 18.5 Å². The third kappa shape index (κ3) is 2.92. The zero-order valence-corrected chi connectivity index (χ0v) is 11.5. The van der Waals surface area contributed by atoms with Crippen LogP contribution in [0, 0.1) is 12.7 Å². The molecule has 0 aliphatic carbocycles. The van der Waals surface area contributed by atoms with Gasteiger partial charge in [-0.25, -0.2) is 4.39 Å². The highest BCUT2D eigenvalue weighted by atomic mass is 19.1. The summed E-state index contributed by atoms with van der Waals surface area (Å²) in [6.45, 7) is 1.99. The summed E-state index contributed by atoms with van der Waals surface area (Å²) >= 11 is 0. The third-order valence-electron chi connectivity index (χ3n) is 3.26. The molecule has 0 bridgehead atoms. The van der Waals surface area contributed by atoms with Crippen LogP contribution < -0.4 is 14.2 Å². The van der Waals surface area contributed by atoms with Gasteiger partial charge < -0.3 is 19.3 Å². The largest absolute Gasteiger partial charge is 0.487 e. The topological polar surface area (TPSA) is 47.9 Å². The number of aryl methyl sites for hydroxylation is 1. The molecule has 2 aromatic carbocycles. The van der Waals surface area contributed by atoms with Crippen molar-refractivity contribution in [3.63, 3.8) is 0 Å².